The average molecular weight is 394 g/mol. The second-order valence-electron chi connectivity index (χ2n) is 8.54. The number of para-hydroxylation sites is 1. The van der Waals surface area contributed by atoms with Crippen molar-refractivity contribution in [1.29, 1.82) is 0 Å². The number of hydrogen-bond donors (Lipinski definition) is 2. The zero-order valence-electron chi connectivity index (χ0n) is 18.3. The molecule has 29 heavy (non-hydrogen) atoms. The van der Waals surface area contributed by atoms with Gasteiger partial charge in [0, 0.05) is 24.0 Å². The Morgan fingerprint density at radius 3 is 2.38 bits per heavy atom. The quantitative estimate of drug-likeness (QED) is 0.659. The third-order valence-corrected chi connectivity index (χ3v) is 6.02. The fraction of sp³-hybridized carbons (Fsp3) is 0.480. The Hall–Kier alpha value is -2.33. The molecule has 0 aromatic heterocycles. The molecule has 156 valence electrons. The van der Waals surface area contributed by atoms with Crippen molar-refractivity contribution in [2.75, 3.05) is 24.2 Å². The molecule has 0 unspecified atom stereocenters. The Morgan fingerprint density at radius 2 is 1.69 bits per heavy atom. The maximum Gasteiger partial charge on any atom is 0.243 e. The fourth-order valence-corrected chi connectivity index (χ4v) is 4.49. The molecule has 2 aromatic carbocycles. The van der Waals surface area contributed by atoms with Crippen LogP contribution in [0.2, 0.25) is 0 Å². The third kappa shape index (κ3) is 5.83. The normalized spacial score (nSPS) is 14.8. The summed E-state index contributed by atoms with van der Waals surface area (Å²) in [6.07, 6.45) is 6.64. The standard InChI is InChI=1S/C25H35N3O/c1-18-14-19(2)25(20(3)15-18)27-24(29)16-26-23-13-9-8-10-21(23)17-28(4)22-11-6-5-7-12-22/h8-10,13-15,22,26H,5-7,11-12,16-17H2,1-4H3,(H,27,29). The van der Waals surface area contributed by atoms with Crippen LogP contribution in [0.15, 0.2) is 36.4 Å². The van der Waals surface area contributed by atoms with E-state index in [-0.39, 0.29) is 12.5 Å². The molecule has 0 atom stereocenters. The zero-order chi connectivity index (χ0) is 20.8. The summed E-state index contributed by atoms with van der Waals surface area (Å²) >= 11 is 0. The van der Waals surface area contributed by atoms with E-state index in [1.54, 1.807) is 0 Å². The van der Waals surface area contributed by atoms with Gasteiger partial charge in [-0.2, -0.15) is 0 Å². The number of amides is 1. The minimum Gasteiger partial charge on any atom is -0.376 e. The maximum absolute atomic E-state index is 12.6. The molecule has 0 aliphatic heterocycles. The number of hydrogen-bond acceptors (Lipinski definition) is 3. The number of nitrogens with zero attached hydrogens (tertiary/aromatic N) is 1. The second-order valence-corrected chi connectivity index (χ2v) is 8.54. The van der Waals surface area contributed by atoms with Gasteiger partial charge in [0.25, 0.3) is 0 Å². The maximum atomic E-state index is 12.6. The SMILES string of the molecule is Cc1cc(C)c(NC(=O)CNc2ccccc2CN(C)C2CCCCC2)c(C)c1. The predicted octanol–water partition coefficient (Wildman–Crippen LogP) is 5.43. The van der Waals surface area contributed by atoms with E-state index in [0.29, 0.717) is 6.04 Å². The highest BCUT2D eigenvalue weighted by Gasteiger charge is 2.19. The molecule has 2 aromatic rings. The number of aryl methyl sites for hydroxylation is 3. The monoisotopic (exact) mass is 393 g/mol. The van der Waals surface area contributed by atoms with E-state index in [1.165, 1.54) is 43.2 Å². The van der Waals surface area contributed by atoms with Gasteiger partial charge in [-0.25, -0.2) is 0 Å². The number of carbonyl (C=O) groups excluding carboxylic acids is 1. The average Bonchev–Trinajstić information content (AvgIpc) is 2.70. The van der Waals surface area contributed by atoms with Crippen molar-refractivity contribution in [3.8, 4) is 0 Å². The highest BCUT2D eigenvalue weighted by Crippen LogP contribution is 2.25. The Balaban J connectivity index is 1.60. The summed E-state index contributed by atoms with van der Waals surface area (Å²) in [5.74, 6) is -0.0181. The van der Waals surface area contributed by atoms with Crippen molar-refractivity contribution in [2.45, 2.75) is 65.5 Å². The number of nitrogens with one attached hydrogen (secondary N) is 2. The Labute approximate surface area is 175 Å². The number of anilines is 2. The van der Waals surface area contributed by atoms with Gasteiger partial charge in [-0.15, -0.1) is 0 Å². The van der Waals surface area contributed by atoms with Gasteiger partial charge in [-0.3, -0.25) is 9.69 Å². The molecule has 4 heteroatoms. The molecule has 4 nitrogen and oxygen atoms in total. The van der Waals surface area contributed by atoms with Gasteiger partial charge in [0.05, 0.1) is 6.54 Å². The van der Waals surface area contributed by atoms with Gasteiger partial charge >= 0.3 is 0 Å². The molecule has 0 bridgehead atoms. The summed E-state index contributed by atoms with van der Waals surface area (Å²) in [6.45, 7) is 7.33. The van der Waals surface area contributed by atoms with Gasteiger partial charge in [-0.05, 0) is 63.4 Å². The number of carbonyl (C=O) groups is 1. The topological polar surface area (TPSA) is 44.4 Å². The lowest BCUT2D eigenvalue weighted by molar-refractivity contribution is -0.114. The van der Waals surface area contributed by atoms with E-state index in [4.69, 9.17) is 0 Å². The smallest absolute Gasteiger partial charge is 0.243 e. The first-order valence-corrected chi connectivity index (χ1v) is 10.8. The van der Waals surface area contributed by atoms with Gasteiger partial charge in [-0.1, -0.05) is 55.2 Å². The van der Waals surface area contributed by atoms with Crippen molar-refractivity contribution in [3.05, 3.63) is 58.7 Å². The lowest BCUT2D eigenvalue weighted by Gasteiger charge is -2.31. The van der Waals surface area contributed by atoms with E-state index in [2.05, 4.69) is 59.8 Å². The van der Waals surface area contributed by atoms with Crippen LogP contribution in [-0.4, -0.2) is 30.4 Å². The fourth-order valence-electron chi connectivity index (χ4n) is 4.49. The summed E-state index contributed by atoms with van der Waals surface area (Å²) in [5.41, 5.74) is 6.63. The summed E-state index contributed by atoms with van der Waals surface area (Å²) < 4.78 is 0. The van der Waals surface area contributed by atoms with Crippen molar-refractivity contribution in [1.82, 2.24) is 4.90 Å². The summed E-state index contributed by atoms with van der Waals surface area (Å²) in [7, 11) is 2.22. The summed E-state index contributed by atoms with van der Waals surface area (Å²) in [6, 6.07) is 13.2. The highest BCUT2D eigenvalue weighted by molar-refractivity contribution is 5.95. The van der Waals surface area contributed by atoms with E-state index in [9.17, 15) is 4.79 Å². The van der Waals surface area contributed by atoms with E-state index in [0.717, 1.165) is 29.0 Å². The van der Waals surface area contributed by atoms with Crippen LogP contribution in [0.5, 0.6) is 0 Å². The summed E-state index contributed by atoms with van der Waals surface area (Å²) in [5, 5.41) is 6.43. The molecule has 0 radical (unpaired) electrons. The van der Waals surface area contributed by atoms with Crippen LogP contribution in [0.1, 0.15) is 54.4 Å². The highest BCUT2D eigenvalue weighted by atomic mass is 16.1. The lowest BCUT2D eigenvalue weighted by Crippen LogP contribution is -2.33. The van der Waals surface area contributed by atoms with Crippen LogP contribution in [0.4, 0.5) is 11.4 Å². The molecular weight excluding hydrogens is 358 g/mol. The first kappa shape index (κ1) is 21.4. The van der Waals surface area contributed by atoms with Crippen LogP contribution in [0.3, 0.4) is 0 Å². The van der Waals surface area contributed by atoms with Crippen molar-refractivity contribution >= 4 is 17.3 Å². The Kier molecular flexibility index (Phi) is 7.32. The molecule has 3 rings (SSSR count). The van der Waals surface area contributed by atoms with Crippen LogP contribution in [0, 0.1) is 20.8 Å². The van der Waals surface area contributed by atoms with Gasteiger partial charge in [0.15, 0.2) is 0 Å². The van der Waals surface area contributed by atoms with Gasteiger partial charge < -0.3 is 10.6 Å². The molecule has 2 N–H and O–H groups in total. The van der Waals surface area contributed by atoms with Gasteiger partial charge in [0.2, 0.25) is 5.91 Å². The van der Waals surface area contributed by atoms with Crippen LogP contribution in [0.25, 0.3) is 0 Å². The molecule has 0 saturated heterocycles. The first-order chi connectivity index (χ1) is 13.9. The molecule has 1 fully saturated rings. The molecule has 1 amide bonds. The molecule has 0 spiro atoms. The zero-order valence-corrected chi connectivity index (χ0v) is 18.3. The minimum absolute atomic E-state index is 0.0181. The van der Waals surface area contributed by atoms with E-state index < -0.39 is 0 Å². The van der Waals surface area contributed by atoms with Crippen molar-refractivity contribution < 1.29 is 4.79 Å². The molecule has 1 saturated carbocycles. The largest absolute Gasteiger partial charge is 0.376 e. The van der Waals surface area contributed by atoms with Crippen LogP contribution >= 0.6 is 0 Å². The number of rotatable bonds is 7. The Morgan fingerprint density at radius 1 is 1.03 bits per heavy atom. The minimum atomic E-state index is -0.0181. The number of benzene rings is 2. The van der Waals surface area contributed by atoms with Crippen molar-refractivity contribution in [3.63, 3.8) is 0 Å². The molecule has 1 aliphatic carbocycles. The summed E-state index contributed by atoms with van der Waals surface area (Å²) in [4.78, 5) is 15.0. The molecular formula is C25H35N3O. The third-order valence-electron chi connectivity index (χ3n) is 6.02. The van der Waals surface area contributed by atoms with Crippen LogP contribution < -0.4 is 10.6 Å². The van der Waals surface area contributed by atoms with E-state index >= 15 is 0 Å². The van der Waals surface area contributed by atoms with Crippen molar-refractivity contribution in [2.24, 2.45) is 0 Å². The molecule has 0 heterocycles. The molecule has 1 aliphatic rings. The van der Waals surface area contributed by atoms with E-state index in [1.807, 2.05) is 19.9 Å². The Bertz CT molecular complexity index is 817. The van der Waals surface area contributed by atoms with Crippen LogP contribution in [-0.2, 0) is 11.3 Å². The second kappa shape index (κ2) is 9.93. The predicted molar refractivity (Wildman–Crippen MR) is 123 cm³/mol. The van der Waals surface area contributed by atoms with Gasteiger partial charge in [0.1, 0.15) is 0 Å². The lowest BCUT2D eigenvalue weighted by atomic mass is 9.94. The first-order valence-electron chi connectivity index (χ1n) is 10.8.